The standard InChI is InChI=1S/C20H27ClN2O7/c1-13(2)18(20(25)30-11-5-10-29-17-6-3-4-9-28-17)22-19(24)15-8-7-14(23(26)27)12-16(15)21/h7-8,12-13,17-18H,3-6,9-11H2,1-2H3,(H,22,24)/t17-,18-/m0/s1. The third-order valence-electron chi connectivity index (χ3n) is 4.59. The fourth-order valence-electron chi connectivity index (χ4n) is 2.90. The lowest BCUT2D eigenvalue weighted by Gasteiger charge is -2.23. The number of esters is 1. The molecule has 0 bridgehead atoms. The van der Waals surface area contributed by atoms with Gasteiger partial charge in [-0.05, 0) is 31.2 Å². The Labute approximate surface area is 180 Å². The highest BCUT2D eigenvalue weighted by molar-refractivity contribution is 6.34. The Balaban J connectivity index is 1.83. The van der Waals surface area contributed by atoms with Crippen LogP contribution in [0.1, 0.15) is 49.9 Å². The van der Waals surface area contributed by atoms with Crippen molar-refractivity contribution in [2.75, 3.05) is 19.8 Å². The third kappa shape index (κ3) is 7.23. The number of amides is 1. The quantitative estimate of drug-likeness (QED) is 0.255. The highest BCUT2D eigenvalue weighted by Crippen LogP contribution is 2.23. The number of nitrogens with one attached hydrogen (secondary N) is 1. The molecule has 30 heavy (non-hydrogen) atoms. The molecule has 10 heteroatoms. The number of ether oxygens (including phenoxy) is 3. The molecule has 1 aromatic carbocycles. The predicted octanol–water partition coefficient (Wildman–Crippen LogP) is 3.48. The molecule has 1 saturated heterocycles. The van der Waals surface area contributed by atoms with Crippen molar-refractivity contribution in [1.82, 2.24) is 5.32 Å². The lowest BCUT2D eigenvalue weighted by atomic mass is 10.0. The van der Waals surface area contributed by atoms with Gasteiger partial charge in [-0.1, -0.05) is 25.4 Å². The molecule has 2 rings (SSSR count). The largest absolute Gasteiger partial charge is 0.464 e. The smallest absolute Gasteiger partial charge is 0.328 e. The summed E-state index contributed by atoms with van der Waals surface area (Å²) in [7, 11) is 0. The Kier molecular flexibility index (Phi) is 9.48. The first-order valence-electron chi connectivity index (χ1n) is 9.94. The van der Waals surface area contributed by atoms with Crippen molar-refractivity contribution < 1.29 is 28.7 Å². The number of rotatable bonds is 10. The van der Waals surface area contributed by atoms with Gasteiger partial charge in [-0.25, -0.2) is 4.79 Å². The van der Waals surface area contributed by atoms with Gasteiger partial charge in [0.1, 0.15) is 6.04 Å². The van der Waals surface area contributed by atoms with Gasteiger partial charge >= 0.3 is 5.97 Å². The zero-order valence-corrected chi connectivity index (χ0v) is 17.9. The Morgan fingerprint density at radius 3 is 2.70 bits per heavy atom. The Morgan fingerprint density at radius 1 is 1.33 bits per heavy atom. The Morgan fingerprint density at radius 2 is 2.10 bits per heavy atom. The maximum atomic E-state index is 12.5. The van der Waals surface area contributed by atoms with E-state index in [-0.39, 0.29) is 35.1 Å². The molecule has 0 aliphatic carbocycles. The average molecular weight is 443 g/mol. The molecule has 1 aromatic rings. The van der Waals surface area contributed by atoms with Crippen molar-refractivity contribution in [1.29, 1.82) is 0 Å². The van der Waals surface area contributed by atoms with E-state index in [1.807, 2.05) is 0 Å². The summed E-state index contributed by atoms with van der Waals surface area (Å²) in [4.78, 5) is 35.1. The van der Waals surface area contributed by atoms with Crippen LogP contribution in [0.4, 0.5) is 5.69 Å². The number of nitro benzene ring substituents is 1. The van der Waals surface area contributed by atoms with E-state index in [4.69, 9.17) is 25.8 Å². The van der Waals surface area contributed by atoms with Crippen LogP contribution in [0.15, 0.2) is 18.2 Å². The number of nitrogens with zero attached hydrogens (tertiary/aromatic N) is 1. The zero-order chi connectivity index (χ0) is 22.1. The molecular weight excluding hydrogens is 416 g/mol. The van der Waals surface area contributed by atoms with E-state index in [1.165, 1.54) is 12.1 Å². The number of carbonyl (C=O) groups excluding carboxylic acids is 2. The maximum absolute atomic E-state index is 12.5. The molecular formula is C20H27ClN2O7. The van der Waals surface area contributed by atoms with Crippen LogP contribution in [-0.2, 0) is 19.0 Å². The summed E-state index contributed by atoms with van der Waals surface area (Å²) in [6, 6.07) is 2.64. The van der Waals surface area contributed by atoms with E-state index in [9.17, 15) is 19.7 Å². The van der Waals surface area contributed by atoms with Gasteiger partial charge in [-0.3, -0.25) is 14.9 Å². The van der Waals surface area contributed by atoms with Crippen molar-refractivity contribution in [3.63, 3.8) is 0 Å². The first-order chi connectivity index (χ1) is 14.3. The lowest BCUT2D eigenvalue weighted by Crippen LogP contribution is -2.45. The lowest BCUT2D eigenvalue weighted by molar-refractivity contribution is -0.384. The van der Waals surface area contributed by atoms with Gasteiger partial charge in [-0.15, -0.1) is 0 Å². The summed E-state index contributed by atoms with van der Waals surface area (Å²) >= 11 is 5.99. The molecule has 0 unspecified atom stereocenters. The van der Waals surface area contributed by atoms with Crippen LogP contribution in [-0.4, -0.2) is 49.0 Å². The minimum absolute atomic E-state index is 0.0431. The molecule has 2 atom stereocenters. The normalized spacial score (nSPS) is 17.4. The van der Waals surface area contributed by atoms with Crippen molar-refractivity contribution in [2.45, 2.75) is 51.9 Å². The molecule has 0 spiro atoms. The van der Waals surface area contributed by atoms with Gasteiger partial charge in [0.2, 0.25) is 0 Å². The number of halogens is 1. The van der Waals surface area contributed by atoms with Crippen LogP contribution in [0.5, 0.6) is 0 Å². The third-order valence-corrected chi connectivity index (χ3v) is 4.90. The fraction of sp³-hybridized carbons (Fsp3) is 0.600. The van der Waals surface area contributed by atoms with E-state index in [2.05, 4.69) is 5.32 Å². The Hall–Kier alpha value is -2.23. The molecule has 0 saturated carbocycles. The van der Waals surface area contributed by atoms with Crippen LogP contribution in [0.25, 0.3) is 0 Å². The second kappa shape index (κ2) is 11.8. The molecule has 1 N–H and O–H groups in total. The van der Waals surface area contributed by atoms with E-state index < -0.39 is 22.8 Å². The fourth-order valence-corrected chi connectivity index (χ4v) is 3.16. The number of carbonyl (C=O) groups is 2. The highest BCUT2D eigenvalue weighted by Gasteiger charge is 2.27. The second-order valence-electron chi connectivity index (χ2n) is 7.30. The Bertz CT molecular complexity index is 751. The molecule has 166 valence electrons. The zero-order valence-electron chi connectivity index (χ0n) is 17.1. The number of non-ortho nitro benzene ring substituents is 1. The maximum Gasteiger partial charge on any atom is 0.328 e. The summed E-state index contributed by atoms with van der Waals surface area (Å²) < 4.78 is 16.3. The van der Waals surface area contributed by atoms with E-state index >= 15 is 0 Å². The first-order valence-corrected chi connectivity index (χ1v) is 10.3. The number of hydrogen-bond acceptors (Lipinski definition) is 7. The molecule has 1 aliphatic heterocycles. The molecule has 9 nitrogen and oxygen atoms in total. The molecule has 1 heterocycles. The first kappa shape index (κ1) is 24.0. The molecule has 1 aliphatic rings. The predicted molar refractivity (Wildman–Crippen MR) is 109 cm³/mol. The van der Waals surface area contributed by atoms with Gasteiger partial charge in [0.05, 0.1) is 28.7 Å². The topological polar surface area (TPSA) is 117 Å². The molecule has 1 amide bonds. The van der Waals surface area contributed by atoms with Gasteiger partial charge in [0.25, 0.3) is 11.6 Å². The summed E-state index contributed by atoms with van der Waals surface area (Å²) in [5, 5.41) is 13.3. The van der Waals surface area contributed by atoms with Gasteiger partial charge < -0.3 is 19.5 Å². The average Bonchev–Trinajstić information content (AvgIpc) is 2.71. The SMILES string of the molecule is CC(C)[C@H](NC(=O)c1ccc([N+](=O)[O-])cc1Cl)C(=O)OCCCO[C@H]1CCCCO1. The minimum atomic E-state index is -0.883. The van der Waals surface area contributed by atoms with Crippen molar-refractivity contribution in [3.05, 3.63) is 38.9 Å². The van der Waals surface area contributed by atoms with Gasteiger partial charge in [0.15, 0.2) is 6.29 Å². The van der Waals surface area contributed by atoms with Crippen LogP contribution in [0.2, 0.25) is 5.02 Å². The molecule has 1 fully saturated rings. The second-order valence-corrected chi connectivity index (χ2v) is 7.71. The van der Waals surface area contributed by atoms with Crippen LogP contribution < -0.4 is 5.32 Å². The van der Waals surface area contributed by atoms with Crippen molar-refractivity contribution in [2.24, 2.45) is 5.92 Å². The van der Waals surface area contributed by atoms with E-state index in [1.54, 1.807) is 13.8 Å². The molecule has 0 aromatic heterocycles. The van der Waals surface area contributed by atoms with Crippen LogP contribution >= 0.6 is 11.6 Å². The monoisotopic (exact) mass is 442 g/mol. The number of hydrogen-bond donors (Lipinski definition) is 1. The van der Waals surface area contributed by atoms with Crippen molar-refractivity contribution in [3.8, 4) is 0 Å². The van der Waals surface area contributed by atoms with E-state index in [0.29, 0.717) is 19.6 Å². The number of benzene rings is 1. The van der Waals surface area contributed by atoms with E-state index in [0.717, 1.165) is 25.3 Å². The van der Waals surface area contributed by atoms with Gasteiger partial charge in [-0.2, -0.15) is 0 Å². The van der Waals surface area contributed by atoms with Crippen LogP contribution in [0.3, 0.4) is 0 Å². The summed E-state index contributed by atoms with van der Waals surface area (Å²) in [5.74, 6) is -1.40. The van der Waals surface area contributed by atoms with Crippen LogP contribution in [0, 0.1) is 16.0 Å². The van der Waals surface area contributed by atoms with Crippen molar-refractivity contribution >= 4 is 29.2 Å². The summed E-state index contributed by atoms with van der Waals surface area (Å²) in [6.45, 7) is 4.81. The molecule has 0 radical (unpaired) electrons. The summed E-state index contributed by atoms with van der Waals surface area (Å²) in [5.41, 5.74) is -0.182. The van der Waals surface area contributed by atoms with Gasteiger partial charge in [0, 0.05) is 25.2 Å². The minimum Gasteiger partial charge on any atom is -0.464 e. The summed E-state index contributed by atoms with van der Waals surface area (Å²) in [6.07, 6.45) is 3.31. The highest BCUT2D eigenvalue weighted by atomic mass is 35.5. The number of nitro groups is 1.